The van der Waals surface area contributed by atoms with Gasteiger partial charge < -0.3 is 19.2 Å². The summed E-state index contributed by atoms with van der Waals surface area (Å²) in [7, 11) is 3.09. The molecule has 3 aromatic rings. The van der Waals surface area contributed by atoms with Crippen molar-refractivity contribution in [2.75, 3.05) is 30.7 Å². The molecule has 0 saturated carbocycles. The van der Waals surface area contributed by atoms with Gasteiger partial charge in [0.05, 0.1) is 31.9 Å². The summed E-state index contributed by atoms with van der Waals surface area (Å²) in [4.78, 5) is 16.4. The molecular formula is C18H20N6O4S. The summed E-state index contributed by atoms with van der Waals surface area (Å²) in [5.74, 6) is 2.83. The second-order valence-electron chi connectivity index (χ2n) is 5.69. The Bertz CT molecular complexity index is 1000. The molecular weight excluding hydrogens is 396 g/mol. The highest BCUT2D eigenvalue weighted by molar-refractivity contribution is 7.99. The number of nitrogens with one attached hydrogen (secondary N) is 3. The number of amides is 1. The van der Waals surface area contributed by atoms with Crippen molar-refractivity contribution in [2.24, 2.45) is 5.10 Å². The standard InChI is InChI=1S/C18H20N6O4S/c1-11-4-5-13(28-11)9-19-22-17-21-18(24-23-17)29-10-16(25)20-14-7-6-12(26-2)8-15(14)27-3/h4-9H,10H2,1-3H3,(H,20,25)(H2,21,22,23,24)/b19-9+. The van der Waals surface area contributed by atoms with Gasteiger partial charge in [0.2, 0.25) is 17.0 Å². The molecule has 1 aromatic carbocycles. The van der Waals surface area contributed by atoms with Crippen molar-refractivity contribution in [3.63, 3.8) is 0 Å². The van der Waals surface area contributed by atoms with Gasteiger partial charge in [-0.2, -0.15) is 10.1 Å². The van der Waals surface area contributed by atoms with E-state index in [-0.39, 0.29) is 11.7 Å². The maximum Gasteiger partial charge on any atom is 0.240 e. The number of hydrogen-bond acceptors (Lipinski definition) is 9. The first-order chi connectivity index (χ1) is 14.1. The molecule has 10 nitrogen and oxygen atoms in total. The summed E-state index contributed by atoms with van der Waals surface area (Å²) in [5.41, 5.74) is 3.27. The number of hydrazone groups is 1. The van der Waals surface area contributed by atoms with Crippen LogP contribution in [0.4, 0.5) is 11.6 Å². The SMILES string of the molecule is COc1ccc(NC(=O)CSc2n[nH]c(N/N=C/c3ccc(C)o3)n2)c(OC)c1. The van der Waals surface area contributed by atoms with E-state index in [1.165, 1.54) is 25.1 Å². The lowest BCUT2D eigenvalue weighted by Gasteiger charge is -2.11. The van der Waals surface area contributed by atoms with Crippen LogP contribution >= 0.6 is 11.8 Å². The number of aromatic nitrogens is 3. The summed E-state index contributed by atoms with van der Waals surface area (Å²) < 4.78 is 15.8. The van der Waals surface area contributed by atoms with Gasteiger partial charge in [0, 0.05) is 6.07 Å². The fraction of sp³-hybridized carbons (Fsp3) is 0.222. The van der Waals surface area contributed by atoms with E-state index in [1.54, 1.807) is 31.4 Å². The maximum atomic E-state index is 12.2. The van der Waals surface area contributed by atoms with E-state index in [1.807, 2.05) is 13.0 Å². The van der Waals surface area contributed by atoms with Crippen LogP contribution in [0.25, 0.3) is 0 Å². The molecule has 0 atom stereocenters. The first kappa shape index (κ1) is 20.3. The predicted molar refractivity (Wildman–Crippen MR) is 110 cm³/mol. The molecule has 29 heavy (non-hydrogen) atoms. The number of aromatic amines is 1. The highest BCUT2D eigenvalue weighted by Gasteiger charge is 2.11. The Kier molecular flexibility index (Phi) is 6.74. The number of hydrogen-bond donors (Lipinski definition) is 3. The Balaban J connectivity index is 1.49. The van der Waals surface area contributed by atoms with Gasteiger partial charge in [-0.1, -0.05) is 11.8 Å². The van der Waals surface area contributed by atoms with Gasteiger partial charge in [-0.15, -0.1) is 5.10 Å². The fourth-order valence-electron chi connectivity index (χ4n) is 2.26. The zero-order valence-corrected chi connectivity index (χ0v) is 16.9. The normalized spacial score (nSPS) is 10.9. The van der Waals surface area contributed by atoms with Crippen LogP contribution in [0.15, 0.2) is 45.0 Å². The molecule has 0 unspecified atom stereocenters. The van der Waals surface area contributed by atoms with Crippen molar-refractivity contribution in [2.45, 2.75) is 12.1 Å². The van der Waals surface area contributed by atoms with Crippen LogP contribution in [-0.4, -0.2) is 47.3 Å². The molecule has 3 rings (SSSR count). The monoisotopic (exact) mass is 416 g/mol. The molecule has 0 spiro atoms. The van der Waals surface area contributed by atoms with Crippen LogP contribution in [0.2, 0.25) is 0 Å². The van der Waals surface area contributed by atoms with E-state index < -0.39 is 0 Å². The number of rotatable bonds is 9. The number of carbonyl (C=O) groups excluding carboxylic acids is 1. The van der Waals surface area contributed by atoms with E-state index in [4.69, 9.17) is 13.9 Å². The number of furan rings is 1. The zero-order valence-electron chi connectivity index (χ0n) is 16.1. The van der Waals surface area contributed by atoms with Crippen LogP contribution in [0, 0.1) is 6.92 Å². The zero-order chi connectivity index (χ0) is 20.6. The van der Waals surface area contributed by atoms with E-state index in [9.17, 15) is 4.79 Å². The predicted octanol–water partition coefficient (Wildman–Crippen LogP) is 2.90. The van der Waals surface area contributed by atoms with E-state index in [0.29, 0.717) is 34.1 Å². The van der Waals surface area contributed by atoms with Gasteiger partial charge in [-0.3, -0.25) is 4.79 Å². The highest BCUT2D eigenvalue weighted by Crippen LogP contribution is 2.29. The molecule has 0 fully saturated rings. The Hall–Kier alpha value is -3.47. The molecule has 2 heterocycles. The molecule has 3 N–H and O–H groups in total. The summed E-state index contributed by atoms with van der Waals surface area (Å²) >= 11 is 1.18. The fourth-order valence-corrected chi connectivity index (χ4v) is 2.86. The smallest absolute Gasteiger partial charge is 0.240 e. The van der Waals surface area contributed by atoms with E-state index >= 15 is 0 Å². The van der Waals surface area contributed by atoms with Crippen molar-refractivity contribution < 1.29 is 18.7 Å². The number of carbonyl (C=O) groups is 1. The second kappa shape index (κ2) is 9.64. The topological polar surface area (TPSA) is 127 Å². The molecule has 0 aliphatic carbocycles. The summed E-state index contributed by atoms with van der Waals surface area (Å²) in [6, 6.07) is 8.80. The molecule has 0 aliphatic heterocycles. The van der Waals surface area contributed by atoms with Gasteiger partial charge in [0.25, 0.3) is 0 Å². The number of benzene rings is 1. The van der Waals surface area contributed by atoms with Crippen LogP contribution < -0.4 is 20.2 Å². The first-order valence-corrected chi connectivity index (χ1v) is 9.48. The van der Waals surface area contributed by atoms with Gasteiger partial charge >= 0.3 is 0 Å². The van der Waals surface area contributed by atoms with Crippen molar-refractivity contribution in [1.82, 2.24) is 15.2 Å². The molecule has 0 saturated heterocycles. The van der Waals surface area contributed by atoms with Crippen LogP contribution in [0.3, 0.4) is 0 Å². The third kappa shape index (κ3) is 5.75. The number of anilines is 2. The molecule has 0 radical (unpaired) electrons. The van der Waals surface area contributed by atoms with Crippen molar-refractivity contribution in [1.29, 1.82) is 0 Å². The minimum Gasteiger partial charge on any atom is -0.497 e. The average molecular weight is 416 g/mol. The van der Waals surface area contributed by atoms with Gasteiger partial charge in [-0.05, 0) is 31.2 Å². The molecule has 2 aromatic heterocycles. The lowest BCUT2D eigenvalue weighted by Crippen LogP contribution is -2.14. The number of methoxy groups -OCH3 is 2. The third-order valence-corrected chi connectivity index (χ3v) is 4.45. The third-order valence-electron chi connectivity index (χ3n) is 3.60. The number of H-pyrrole nitrogens is 1. The molecule has 1 amide bonds. The van der Waals surface area contributed by atoms with Gasteiger partial charge in [0.1, 0.15) is 23.0 Å². The van der Waals surface area contributed by atoms with E-state index in [0.717, 1.165) is 5.76 Å². The lowest BCUT2D eigenvalue weighted by atomic mass is 10.2. The second-order valence-corrected chi connectivity index (χ2v) is 6.63. The van der Waals surface area contributed by atoms with Crippen LogP contribution in [-0.2, 0) is 4.79 Å². The number of nitrogens with zero attached hydrogens (tertiary/aromatic N) is 3. The summed E-state index contributed by atoms with van der Waals surface area (Å²) in [6.07, 6.45) is 1.53. The minimum atomic E-state index is -0.219. The van der Waals surface area contributed by atoms with Crippen molar-refractivity contribution >= 4 is 35.5 Å². The number of ether oxygens (including phenoxy) is 2. The number of aryl methyl sites for hydroxylation is 1. The molecule has 0 aliphatic rings. The first-order valence-electron chi connectivity index (χ1n) is 8.50. The number of thioether (sulfide) groups is 1. The summed E-state index contributed by atoms with van der Waals surface area (Å²) in [6.45, 7) is 1.85. The van der Waals surface area contributed by atoms with Gasteiger partial charge in [0.15, 0.2) is 0 Å². The van der Waals surface area contributed by atoms with Crippen molar-refractivity contribution in [3.8, 4) is 11.5 Å². The Morgan fingerprint density at radius 1 is 1.31 bits per heavy atom. The van der Waals surface area contributed by atoms with E-state index in [2.05, 4.69) is 31.0 Å². The van der Waals surface area contributed by atoms with Crippen LogP contribution in [0.5, 0.6) is 11.5 Å². The molecule has 0 bridgehead atoms. The quantitative estimate of drug-likeness (QED) is 0.276. The highest BCUT2D eigenvalue weighted by atomic mass is 32.2. The largest absolute Gasteiger partial charge is 0.497 e. The Labute approximate surface area is 171 Å². The molecule has 11 heteroatoms. The molecule has 152 valence electrons. The van der Waals surface area contributed by atoms with Crippen LogP contribution in [0.1, 0.15) is 11.5 Å². The average Bonchev–Trinajstić information content (AvgIpc) is 3.35. The Morgan fingerprint density at radius 2 is 2.17 bits per heavy atom. The Morgan fingerprint density at radius 3 is 2.90 bits per heavy atom. The van der Waals surface area contributed by atoms with Crippen molar-refractivity contribution in [3.05, 3.63) is 41.9 Å². The lowest BCUT2D eigenvalue weighted by molar-refractivity contribution is -0.113. The van der Waals surface area contributed by atoms with Gasteiger partial charge in [-0.25, -0.2) is 10.5 Å². The minimum absolute atomic E-state index is 0.126. The maximum absolute atomic E-state index is 12.2. The summed E-state index contributed by atoms with van der Waals surface area (Å²) in [5, 5.41) is 13.9.